The van der Waals surface area contributed by atoms with Crippen LogP contribution in [0.15, 0.2) is 53.6 Å². The van der Waals surface area contributed by atoms with Crippen LogP contribution in [0.1, 0.15) is 20.8 Å². The van der Waals surface area contributed by atoms with E-state index in [1.165, 1.54) is 11.3 Å². The fraction of sp³-hybridized carbons (Fsp3) is 0.190. The summed E-state index contributed by atoms with van der Waals surface area (Å²) < 4.78 is 5.92. The molecule has 0 atom stereocenters. The molecule has 146 valence electrons. The van der Waals surface area contributed by atoms with E-state index in [2.05, 4.69) is 10.0 Å². The minimum Gasteiger partial charge on any atom is -0.493 e. The van der Waals surface area contributed by atoms with E-state index in [4.69, 9.17) is 21.9 Å². The molecule has 0 saturated carbocycles. The maximum Gasteiger partial charge on any atom is 0.268 e. The standard InChI is InChI=1S/C21H18ClN4O2S/c1-26(17-5-3-2-4-16(17)22)21(27)19-11-14-8-9-28-18-10-13(12-24-25-23)6-7-15(18)20(14)29-19/h2-7,10-11,23H,8-9,12H2,1H3/q+1. The molecule has 1 aromatic heterocycles. The summed E-state index contributed by atoms with van der Waals surface area (Å²) in [6.45, 7) is 0.873. The summed E-state index contributed by atoms with van der Waals surface area (Å²) in [6.07, 6.45) is 0.728. The van der Waals surface area contributed by atoms with Gasteiger partial charge in [0.15, 0.2) is 0 Å². The van der Waals surface area contributed by atoms with Crippen LogP contribution in [0.5, 0.6) is 5.75 Å². The molecule has 0 bridgehead atoms. The van der Waals surface area contributed by atoms with Gasteiger partial charge in [-0.1, -0.05) is 29.8 Å². The third-order valence-corrected chi connectivity index (χ3v) is 6.30. The van der Waals surface area contributed by atoms with Crippen molar-refractivity contribution in [2.75, 3.05) is 18.6 Å². The minimum absolute atomic E-state index is 0.0916. The zero-order chi connectivity index (χ0) is 20.4. The normalized spacial score (nSPS) is 12.1. The molecular weight excluding hydrogens is 408 g/mol. The first kappa shape index (κ1) is 19.3. The van der Waals surface area contributed by atoms with Crippen molar-refractivity contribution in [3.05, 3.63) is 69.6 Å². The van der Waals surface area contributed by atoms with E-state index >= 15 is 0 Å². The molecule has 2 heterocycles. The molecule has 4 rings (SSSR count). The maximum absolute atomic E-state index is 13.1. The molecule has 1 amide bonds. The Bertz CT molecular complexity index is 1140. The number of hydrogen-bond acceptors (Lipinski definition) is 5. The molecule has 0 spiro atoms. The predicted octanol–water partition coefficient (Wildman–Crippen LogP) is 5.33. The number of nitrogens with one attached hydrogen (secondary N) is 1. The zero-order valence-electron chi connectivity index (χ0n) is 15.7. The molecule has 0 saturated heterocycles. The average molecular weight is 426 g/mol. The van der Waals surface area contributed by atoms with E-state index in [0.29, 0.717) is 28.7 Å². The van der Waals surface area contributed by atoms with Crippen LogP contribution >= 0.6 is 22.9 Å². The number of thiophene rings is 1. The number of para-hydroxylation sites is 1. The number of nitrogens with zero attached hydrogens (tertiary/aromatic N) is 3. The van der Waals surface area contributed by atoms with Gasteiger partial charge in [0, 0.05) is 23.9 Å². The Hall–Kier alpha value is -2.99. The third kappa shape index (κ3) is 3.80. The van der Waals surface area contributed by atoms with E-state index in [1.807, 2.05) is 42.5 Å². The summed E-state index contributed by atoms with van der Waals surface area (Å²) >= 11 is 7.72. The quantitative estimate of drug-likeness (QED) is 0.452. The number of amides is 1. The number of halogens is 1. The van der Waals surface area contributed by atoms with Gasteiger partial charge in [-0.15, -0.1) is 11.3 Å². The van der Waals surface area contributed by atoms with Crippen molar-refractivity contribution in [2.45, 2.75) is 13.0 Å². The lowest BCUT2D eigenvalue weighted by Crippen LogP contribution is -2.25. The van der Waals surface area contributed by atoms with E-state index in [-0.39, 0.29) is 5.91 Å². The van der Waals surface area contributed by atoms with Gasteiger partial charge < -0.3 is 9.64 Å². The topological polar surface area (TPSA) is 79.9 Å². The number of anilines is 1. The van der Waals surface area contributed by atoms with Gasteiger partial charge in [-0.05, 0) is 41.5 Å². The second kappa shape index (κ2) is 8.17. The fourth-order valence-electron chi connectivity index (χ4n) is 3.31. The summed E-state index contributed by atoms with van der Waals surface area (Å²) in [7, 11) is 1.73. The lowest BCUT2D eigenvalue weighted by molar-refractivity contribution is 0.0996. The Morgan fingerprint density at radius 1 is 1.31 bits per heavy atom. The lowest BCUT2D eigenvalue weighted by Gasteiger charge is -2.17. The fourth-order valence-corrected chi connectivity index (χ4v) is 4.78. The number of ether oxygens (including phenoxy) is 1. The molecule has 8 heteroatoms. The second-order valence-electron chi connectivity index (χ2n) is 6.61. The van der Waals surface area contributed by atoms with Gasteiger partial charge >= 0.3 is 0 Å². The van der Waals surface area contributed by atoms with Crippen molar-refractivity contribution in [3.8, 4) is 16.2 Å². The van der Waals surface area contributed by atoms with Crippen molar-refractivity contribution >= 4 is 34.5 Å². The number of carbonyl (C=O) groups excluding carboxylic acids is 1. The highest BCUT2D eigenvalue weighted by Crippen LogP contribution is 2.42. The molecule has 1 N–H and O–H groups in total. The Kier molecular flexibility index (Phi) is 5.45. The van der Waals surface area contributed by atoms with Gasteiger partial charge in [0.2, 0.25) is 4.91 Å². The van der Waals surface area contributed by atoms with Gasteiger partial charge in [-0.25, -0.2) is 0 Å². The van der Waals surface area contributed by atoms with Gasteiger partial charge in [-0.3, -0.25) is 4.79 Å². The minimum atomic E-state index is -0.0916. The summed E-state index contributed by atoms with van der Waals surface area (Å²) in [4.78, 5) is 19.4. The summed E-state index contributed by atoms with van der Waals surface area (Å²) in [5.41, 5.74) is 10.5. The molecule has 29 heavy (non-hydrogen) atoms. The van der Waals surface area contributed by atoms with Crippen LogP contribution < -0.4 is 14.5 Å². The monoisotopic (exact) mass is 425 g/mol. The van der Waals surface area contributed by atoms with E-state index in [0.717, 1.165) is 33.7 Å². The van der Waals surface area contributed by atoms with E-state index in [1.54, 1.807) is 18.0 Å². The van der Waals surface area contributed by atoms with Crippen LogP contribution in [0.2, 0.25) is 5.02 Å². The molecule has 0 fully saturated rings. The number of benzene rings is 2. The first-order valence-corrected chi connectivity index (χ1v) is 10.2. The Balaban J connectivity index is 1.69. The van der Waals surface area contributed by atoms with Gasteiger partial charge in [0.05, 0.1) is 22.2 Å². The van der Waals surface area contributed by atoms with E-state index in [9.17, 15) is 4.79 Å². The van der Waals surface area contributed by atoms with Crippen molar-refractivity contribution in [3.63, 3.8) is 0 Å². The zero-order valence-corrected chi connectivity index (χ0v) is 17.3. The van der Waals surface area contributed by atoms with Gasteiger partial charge in [0.25, 0.3) is 5.91 Å². The SMILES string of the molecule is CN(C(=O)c1cc2c(s1)-c1ccc(CN=[N+]=N)cc1OCC2)c1ccccc1Cl. The van der Waals surface area contributed by atoms with Crippen molar-refractivity contribution in [1.29, 1.82) is 5.53 Å². The second-order valence-corrected chi connectivity index (χ2v) is 8.07. The number of fused-ring (bicyclic) bond motifs is 3. The highest BCUT2D eigenvalue weighted by molar-refractivity contribution is 7.17. The molecule has 0 unspecified atom stereocenters. The van der Waals surface area contributed by atoms with Crippen molar-refractivity contribution < 1.29 is 9.53 Å². The number of hydrogen-bond donors (Lipinski definition) is 1. The van der Waals surface area contributed by atoms with Gasteiger partial charge in [-0.2, -0.15) is 0 Å². The largest absolute Gasteiger partial charge is 0.493 e. The van der Waals surface area contributed by atoms with Crippen LogP contribution in [-0.2, 0) is 13.0 Å². The Morgan fingerprint density at radius 3 is 2.93 bits per heavy atom. The highest BCUT2D eigenvalue weighted by atomic mass is 35.5. The predicted molar refractivity (Wildman–Crippen MR) is 114 cm³/mol. The molecule has 0 aliphatic carbocycles. The molecular formula is C21H18ClN4O2S+. The molecule has 0 radical (unpaired) electrons. The lowest BCUT2D eigenvalue weighted by atomic mass is 10.1. The van der Waals surface area contributed by atoms with Gasteiger partial charge in [0.1, 0.15) is 22.9 Å². The molecule has 6 nitrogen and oxygen atoms in total. The summed E-state index contributed by atoms with van der Waals surface area (Å²) in [5.74, 6) is 0.674. The Morgan fingerprint density at radius 2 is 2.14 bits per heavy atom. The first-order chi connectivity index (χ1) is 14.1. The maximum atomic E-state index is 13.1. The van der Waals surface area contributed by atoms with Crippen molar-refractivity contribution in [1.82, 2.24) is 4.91 Å². The Labute approximate surface area is 176 Å². The molecule has 1 aliphatic rings. The van der Waals surface area contributed by atoms with Crippen LogP contribution in [0, 0.1) is 5.53 Å². The third-order valence-electron chi connectivity index (χ3n) is 4.78. The number of carbonyl (C=O) groups is 1. The van der Waals surface area contributed by atoms with Crippen LogP contribution in [0.25, 0.3) is 10.4 Å². The molecule has 2 aromatic carbocycles. The molecule has 1 aliphatic heterocycles. The van der Waals surface area contributed by atoms with Crippen LogP contribution in [-0.4, -0.2) is 19.6 Å². The summed E-state index contributed by atoms with van der Waals surface area (Å²) in [5, 5.41) is 4.26. The van der Waals surface area contributed by atoms with Crippen LogP contribution in [0.4, 0.5) is 5.69 Å². The molecule has 3 aromatic rings. The van der Waals surface area contributed by atoms with E-state index < -0.39 is 0 Å². The van der Waals surface area contributed by atoms with Crippen LogP contribution in [0.3, 0.4) is 0 Å². The highest BCUT2D eigenvalue weighted by Gasteiger charge is 2.24. The smallest absolute Gasteiger partial charge is 0.268 e. The van der Waals surface area contributed by atoms with Crippen molar-refractivity contribution in [2.24, 2.45) is 5.11 Å². The summed E-state index contributed by atoms with van der Waals surface area (Å²) in [6, 6.07) is 15.1. The number of rotatable bonds is 4. The first-order valence-electron chi connectivity index (χ1n) is 9.03. The average Bonchev–Trinajstić information content (AvgIpc) is 3.08.